The van der Waals surface area contributed by atoms with Crippen LogP contribution in [-0.2, 0) is 14.3 Å². The van der Waals surface area contributed by atoms with E-state index in [1.54, 1.807) is 6.08 Å². The highest BCUT2D eigenvalue weighted by Crippen LogP contribution is 2.23. The van der Waals surface area contributed by atoms with Crippen LogP contribution in [0.3, 0.4) is 0 Å². The number of ether oxygens (including phenoxy) is 2. The molecule has 75 heavy (non-hydrogen) atoms. The number of allylic oxidation sites excluding steroid dienone is 17. The molecule has 1 saturated heterocycles. The second-order valence-electron chi connectivity index (χ2n) is 20.8. The number of hydrogen-bond donors (Lipinski definition) is 6. The molecule has 1 aliphatic rings. The van der Waals surface area contributed by atoms with Crippen molar-refractivity contribution in [1.29, 1.82) is 0 Å². The molecule has 0 aromatic heterocycles. The van der Waals surface area contributed by atoms with Crippen molar-refractivity contribution >= 4 is 5.91 Å². The van der Waals surface area contributed by atoms with E-state index in [1.807, 2.05) is 6.08 Å². The smallest absolute Gasteiger partial charge is 0.220 e. The molecule has 9 heteroatoms. The predicted molar refractivity (Wildman–Crippen MR) is 317 cm³/mol. The number of carbonyl (C=O) groups excluding carboxylic acids is 1. The quantitative estimate of drug-likeness (QED) is 0.0261. The zero-order valence-corrected chi connectivity index (χ0v) is 47.8. The molecule has 0 aromatic carbocycles. The summed E-state index contributed by atoms with van der Waals surface area (Å²) in [5.74, 6) is -0.185. The van der Waals surface area contributed by atoms with E-state index >= 15 is 0 Å². The molecule has 0 aromatic rings. The summed E-state index contributed by atoms with van der Waals surface area (Å²) < 4.78 is 11.3. The summed E-state index contributed by atoms with van der Waals surface area (Å²) in [7, 11) is 0. The number of rotatable bonds is 51. The highest BCUT2D eigenvalue weighted by atomic mass is 16.7. The second kappa shape index (κ2) is 54.2. The molecule has 1 rings (SSSR count). The average molecular weight is 1050 g/mol. The fourth-order valence-electron chi connectivity index (χ4n) is 9.06. The van der Waals surface area contributed by atoms with Gasteiger partial charge in [0.15, 0.2) is 6.29 Å². The predicted octanol–water partition coefficient (Wildman–Crippen LogP) is 15.7. The Balaban J connectivity index is 2.18. The lowest BCUT2D eigenvalue weighted by atomic mass is 9.99. The third kappa shape index (κ3) is 43.5. The van der Waals surface area contributed by atoms with Crippen LogP contribution in [0.1, 0.15) is 245 Å². The van der Waals surface area contributed by atoms with Gasteiger partial charge in [0.25, 0.3) is 0 Å². The Morgan fingerprint density at radius 1 is 0.467 bits per heavy atom. The van der Waals surface area contributed by atoms with Gasteiger partial charge in [-0.15, -0.1) is 0 Å². The first-order valence-electron chi connectivity index (χ1n) is 30.6. The van der Waals surface area contributed by atoms with E-state index in [0.29, 0.717) is 6.42 Å². The summed E-state index contributed by atoms with van der Waals surface area (Å²) in [6, 6.07) is -0.814. The average Bonchev–Trinajstić information content (AvgIpc) is 3.41. The zero-order valence-electron chi connectivity index (χ0n) is 47.8. The molecule has 1 amide bonds. The van der Waals surface area contributed by atoms with Gasteiger partial charge in [-0.3, -0.25) is 4.79 Å². The van der Waals surface area contributed by atoms with Crippen molar-refractivity contribution < 1.29 is 39.8 Å². The van der Waals surface area contributed by atoms with Gasteiger partial charge in [0.2, 0.25) is 5.91 Å². The first-order valence-corrected chi connectivity index (χ1v) is 30.6. The highest BCUT2D eigenvalue weighted by molar-refractivity contribution is 5.76. The van der Waals surface area contributed by atoms with Crippen LogP contribution in [0.4, 0.5) is 0 Å². The van der Waals surface area contributed by atoms with Gasteiger partial charge in [-0.05, 0) is 83.5 Å². The van der Waals surface area contributed by atoms with Gasteiger partial charge in [-0.25, -0.2) is 0 Å². The molecule has 7 unspecified atom stereocenters. The van der Waals surface area contributed by atoms with E-state index in [1.165, 1.54) is 122 Å². The topological polar surface area (TPSA) is 149 Å². The van der Waals surface area contributed by atoms with Crippen molar-refractivity contribution in [3.63, 3.8) is 0 Å². The van der Waals surface area contributed by atoms with E-state index < -0.39 is 49.5 Å². The van der Waals surface area contributed by atoms with Crippen molar-refractivity contribution in [2.75, 3.05) is 13.2 Å². The molecule has 1 heterocycles. The lowest BCUT2D eigenvalue weighted by Gasteiger charge is -2.40. The summed E-state index contributed by atoms with van der Waals surface area (Å²) in [6.45, 7) is 3.67. The second-order valence-corrected chi connectivity index (χ2v) is 20.8. The molecule has 9 nitrogen and oxygen atoms in total. The lowest BCUT2D eigenvalue weighted by molar-refractivity contribution is -0.302. The fraction of sp³-hybridized carbons (Fsp3) is 0.712. The number of aliphatic hydroxyl groups is 5. The highest BCUT2D eigenvalue weighted by Gasteiger charge is 2.44. The van der Waals surface area contributed by atoms with Gasteiger partial charge >= 0.3 is 0 Å². The number of nitrogens with one attached hydrogen (secondary N) is 1. The maximum Gasteiger partial charge on any atom is 0.220 e. The first-order chi connectivity index (χ1) is 36.8. The van der Waals surface area contributed by atoms with Gasteiger partial charge in [0.1, 0.15) is 24.4 Å². The molecule has 430 valence electrons. The van der Waals surface area contributed by atoms with E-state index in [2.05, 4.69) is 116 Å². The minimum atomic E-state index is -1.57. The SMILES string of the molecule is CC/C=C\C/C=C\C/C=C\C/C=C\C/C=C\C/C=C\C/C=C\C/C=C\CCCCCCCCCCCCC(=O)NC(COC1OC(CO)C(O)C(O)C1O)C(O)/C=C/CCCCCCCCCCCCCCCCC. The summed E-state index contributed by atoms with van der Waals surface area (Å²) in [5, 5.41) is 54.5. The van der Waals surface area contributed by atoms with E-state index in [-0.39, 0.29) is 12.5 Å². The zero-order chi connectivity index (χ0) is 54.3. The van der Waals surface area contributed by atoms with Gasteiger partial charge in [0, 0.05) is 6.42 Å². The summed E-state index contributed by atoms with van der Waals surface area (Å²) in [6.07, 6.45) is 72.9. The Morgan fingerprint density at radius 2 is 0.827 bits per heavy atom. The van der Waals surface area contributed by atoms with Crippen LogP contribution in [-0.4, -0.2) is 87.5 Å². The van der Waals surface area contributed by atoms with Crippen molar-refractivity contribution in [3.8, 4) is 0 Å². The minimum absolute atomic E-state index is 0.185. The molecule has 0 bridgehead atoms. The Kier molecular flexibility index (Phi) is 50.5. The maximum absolute atomic E-state index is 13.1. The molecule has 1 fully saturated rings. The van der Waals surface area contributed by atoms with Crippen LogP contribution < -0.4 is 5.32 Å². The van der Waals surface area contributed by atoms with Crippen molar-refractivity contribution in [1.82, 2.24) is 5.32 Å². The normalized spacial score (nSPS) is 19.7. The minimum Gasteiger partial charge on any atom is -0.394 e. The maximum atomic E-state index is 13.1. The Hall–Kier alpha value is -3.15. The molecule has 1 aliphatic heterocycles. The monoisotopic (exact) mass is 1050 g/mol. The van der Waals surface area contributed by atoms with E-state index in [4.69, 9.17) is 9.47 Å². The number of aliphatic hydroxyl groups excluding tert-OH is 5. The van der Waals surface area contributed by atoms with Crippen LogP contribution in [0.15, 0.2) is 109 Å². The summed E-state index contributed by atoms with van der Waals surface area (Å²) in [5.41, 5.74) is 0. The van der Waals surface area contributed by atoms with Crippen LogP contribution in [0.5, 0.6) is 0 Å². The van der Waals surface area contributed by atoms with Crippen molar-refractivity contribution in [3.05, 3.63) is 109 Å². The van der Waals surface area contributed by atoms with Gasteiger partial charge < -0.3 is 40.3 Å². The largest absolute Gasteiger partial charge is 0.394 e. The molecule has 0 saturated carbocycles. The molecule has 0 aliphatic carbocycles. The van der Waals surface area contributed by atoms with Crippen molar-refractivity contribution in [2.45, 2.75) is 288 Å². The third-order valence-electron chi connectivity index (χ3n) is 13.9. The number of hydrogen-bond acceptors (Lipinski definition) is 8. The van der Waals surface area contributed by atoms with Crippen LogP contribution in [0.2, 0.25) is 0 Å². The summed E-state index contributed by atoms with van der Waals surface area (Å²) in [4.78, 5) is 13.1. The molecular weight excluding hydrogens is 935 g/mol. The van der Waals surface area contributed by atoms with Crippen LogP contribution >= 0.6 is 0 Å². The van der Waals surface area contributed by atoms with E-state index in [9.17, 15) is 30.3 Å². The Labute approximate surface area is 459 Å². The Morgan fingerprint density at radius 3 is 1.23 bits per heavy atom. The van der Waals surface area contributed by atoms with E-state index in [0.717, 1.165) is 103 Å². The molecule has 7 atom stereocenters. The standard InChI is InChI=1S/C66H113NO8/c1-3-5-7-9-11-13-15-17-19-21-22-23-24-25-26-27-28-29-30-31-32-33-34-35-36-37-38-40-42-44-46-48-50-52-54-56-62(70)67-59(58-74-66-65(73)64(72)63(71)61(57-68)75-66)60(69)55-53-51-49-47-45-43-41-39-20-18-16-14-12-10-8-6-4-2/h5,7,11,13,17,19,22-23,25-26,28-29,31-32,34-35,53,55,59-61,63-66,68-69,71-73H,3-4,6,8-10,12,14-16,18,20-21,24,27,30,33,36-52,54,56-58H2,1-2H3,(H,67,70)/b7-5-,13-11-,19-17-,23-22-,26-25-,29-28-,32-31-,35-34-,55-53+. The van der Waals surface area contributed by atoms with Gasteiger partial charge in [0.05, 0.1) is 25.4 Å². The number of amides is 1. The fourth-order valence-corrected chi connectivity index (χ4v) is 9.06. The van der Waals surface area contributed by atoms with Gasteiger partial charge in [-0.1, -0.05) is 264 Å². The molecule has 0 spiro atoms. The number of carbonyl (C=O) groups is 1. The Bertz CT molecular complexity index is 1540. The summed E-state index contributed by atoms with van der Waals surface area (Å²) >= 11 is 0. The third-order valence-corrected chi connectivity index (χ3v) is 13.9. The number of unbranched alkanes of at least 4 members (excludes halogenated alkanes) is 25. The van der Waals surface area contributed by atoms with Crippen LogP contribution in [0.25, 0.3) is 0 Å². The lowest BCUT2D eigenvalue weighted by Crippen LogP contribution is -2.60. The molecule has 6 N–H and O–H groups in total. The molecule has 0 radical (unpaired) electrons. The van der Waals surface area contributed by atoms with Crippen molar-refractivity contribution in [2.24, 2.45) is 0 Å². The van der Waals surface area contributed by atoms with Crippen LogP contribution in [0, 0.1) is 0 Å². The molecular formula is C66H113NO8. The first kappa shape index (κ1) is 69.9. The van der Waals surface area contributed by atoms with Gasteiger partial charge in [-0.2, -0.15) is 0 Å².